The van der Waals surface area contributed by atoms with E-state index in [0.29, 0.717) is 17.5 Å². The highest BCUT2D eigenvalue weighted by Gasteiger charge is 2.20. The van der Waals surface area contributed by atoms with Gasteiger partial charge in [0.25, 0.3) is 0 Å². The smallest absolute Gasteiger partial charge is 0.243 e. The predicted molar refractivity (Wildman–Crippen MR) is 93.0 cm³/mol. The summed E-state index contributed by atoms with van der Waals surface area (Å²) in [7, 11) is 0. The number of benzene rings is 1. The van der Waals surface area contributed by atoms with Crippen molar-refractivity contribution in [1.29, 1.82) is 5.26 Å². The molecule has 1 heterocycles. The molecule has 0 saturated carbocycles. The van der Waals surface area contributed by atoms with Crippen LogP contribution in [0.25, 0.3) is 11.3 Å². The summed E-state index contributed by atoms with van der Waals surface area (Å²) < 4.78 is 0. The van der Waals surface area contributed by atoms with Gasteiger partial charge in [0.15, 0.2) is 5.13 Å². The number of anilines is 1. The largest absolute Gasteiger partial charge is 0.350 e. The van der Waals surface area contributed by atoms with Crippen molar-refractivity contribution in [3.8, 4) is 17.3 Å². The first kappa shape index (κ1) is 17.0. The Kier molecular flexibility index (Phi) is 6.12. The maximum atomic E-state index is 12.2. The molecular weight excluding hydrogens is 308 g/mol. The first-order chi connectivity index (χ1) is 11.1. The highest BCUT2D eigenvalue weighted by Crippen LogP contribution is 2.25. The number of nitrogens with zero attached hydrogens (tertiary/aromatic N) is 2. The molecule has 0 saturated heterocycles. The van der Waals surface area contributed by atoms with E-state index in [1.807, 2.05) is 41.8 Å². The van der Waals surface area contributed by atoms with Gasteiger partial charge in [0.2, 0.25) is 5.91 Å². The van der Waals surface area contributed by atoms with Crippen LogP contribution >= 0.6 is 11.3 Å². The van der Waals surface area contributed by atoms with E-state index < -0.39 is 6.04 Å². The van der Waals surface area contributed by atoms with E-state index in [-0.39, 0.29) is 12.5 Å². The average molecular weight is 328 g/mol. The SMILES string of the molecule is CC(C)CC(Nc1nc(-c2ccccc2)cs1)C(=O)NCC#N. The molecule has 23 heavy (non-hydrogen) atoms. The number of thiazole rings is 1. The van der Waals surface area contributed by atoms with Gasteiger partial charge in [0.1, 0.15) is 12.6 Å². The molecule has 1 atom stereocenters. The second kappa shape index (κ2) is 8.30. The number of hydrogen-bond acceptors (Lipinski definition) is 5. The first-order valence-corrected chi connectivity index (χ1v) is 8.40. The number of amides is 1. The fraction of sp³-hybridized carbons (Fsp3) is 0.353. The van der Waals surface area contributed by atoms with Gasteiger partial charge >= 0.3 is 0 Å². The van der Waals surface area contributed by atoms with Crippen LogP contribution in [0.1, 0.15) is 20.3 Å². The molecule has 0 aliphatic heterocycles. The lowest BCUT2D eigenvalue weighted by molar-refractivity contribution is -0.121. The summed E-state index contributed by atoms with van der Waals surface area (Å²) in [4.78, 5) is 16.7. The topological polar surface area (TPSA) is 77.8 Å². The molecule has 120 valence electrons. The number of nitrogens with one attached hydrogen (secondary N) is 2. The normalized spacial score (nSPS) is 11.7. The molecule has 2 N–H and O–H groups in total. The summed E-state index contributed by atoms with van der Waals surface area (Å²) in [5.74, 6) is 0.186. The van der Waals surface area contributed by atoms with E-state index in [9.17, 15) is 4.79 Å². The molecule has 2 rings (SSSR count). The fourth-order valence-electron chi connectivity index (χ4n) is 2.18. The van der Waals surface area contributed by atoms with Crippen LogP contribution < -0.4 is 10.6 Å². The van der Waals surface area contributed by atoms with Gasteiger partial charge in [0.05, 0.1) is 11.8 Å². The van der Waals surface area contributed by atoms with E-state index in [1.54, 1.807) is 0 Å². The molecule has 5 nitrogen and oxygen atoms in total. The number of aromatic nitrogens is 1. The molecular formula is C17H20N4OS. The van der Waals surface area contributed by atoms with Crippen molar-refractivity contribution < 1.29 is 4.79 Å². The Balaban J connectivity index is 2.09. The minimum absolute atomic E-state index is 0.0161. The number of carbonyl (C=O) groups is 1. The molecule has 0 aliphatic rings. The van der Waals surface area contributed by atoms with Gasteiger partial charge in [-0.1, -0.05) is 44.2 Å². The summed E-state index contributed by atoms with van der Waals surface area (Å²) in [5.41, 5.74) is 1.94. The first-order valence-electron chi connectivity index (χ1n) is 7.52. The molecule has 1 aromatic carbocycles. The van der Waals surface area contributed by atoms with E-state index in [1.165, 1.54) is 11.3 Å². The molecule has 0 radical (unpaired) electrons. The number of nitriles is 1. The van der Waals surface area contributed by atoms with Gasteiger partial charge in [0, 0.05) is 10.9 Å². The van der Waals surface area contributed by atoms with Crippen LogP contribution in [-0.4, -0.2) is 23.5 Å². The highest BCUT2D eigenvalue weighted by atomic mass is 32.1. The Labute approximate surface area is 140 Å². The van der Waals surface area contributed by atoms with Gasteiger partial charge in [-0.3, -0.25) is 4.79 Å². The third-order valence-corrected chi connectivity index (χ3v) is 4.01. The van der Waals surface area contributed by atoms with Crippen LogP contribution in [0.2, 0.25) is 0 Å². The van der Waals surface area contributed by atoms with Crippen molar-refractivity contribution in [2.75, 3.05) is 11.9 Å². The van der Waals surface area contributed by atoms with Gasteiger partial charge in [-0.25, -0.2) is 4.98 Å². The summed E-state index contributed by atoms with van der Waals surface area (Å²) in [6.45, 7) is 4.13. The van der Waals surface area contributed by atoms with E-state index in [4.69, 9.17) is 5.26 Å². The van der Waals surface area contributed by atoms with Crippen molar-refractivity contribution in [1.82, 2.24) is 10.3 Å². The zero-order valence-electron chi connectivity index (χ0n) is 13.2. The molecule has 0 aliphatic carbocycles. The second-order valence-corrected chi connectivity index (χ2v) is 6.46. The minimum Gasteiger partial charge on any atom is -0.350 e. The maximum Gasteiger partial charge on any atom is 0.243 e. The Bertz CT molecular complexity index is 675. The number of carbonyl (C=O) groups excluding carboxylic acids is 1. The lowest BCUT2D eigenvalue weighted by atomic mass is 10.0. The predicted octanol–water partition coefficient (Wildman–Crippen LogP) is 3.28. The van der Waals surface area contributed by atoms with Crippen LogP contribution in [0, 0.1) is 17.2 Å². The molecule has 0 fully saturated rings. The van der Waals surface area contributed by atoms with Crippen LogP contribution in [-0.2, 0) is 4.79 Å². The quantitative estimate of drug-likeness (QED) is 0.765. The van der Waals surface area contributed by atoms with E-state index >= 15 is 0 Å². The summed E-state index contributed by atoms with van der Waals surface area (Å²) in [6.07, 6.45) is 0.678. The zero-order valence-corrected chi connectivity index (χ0v) is 14.1. The Morgan fingerprint density at radius 1 is 1.35 bits per heavy atom. The lowest BCUT2D eigenvalue weighted by Crippen LogP contribution is -2.40. The molecule has 1 amide bonds. The van der Waals surface area contributed by atoms with Crippen molar-refractivity contribution >= 4 is 22.4 Å². The summed E-state index contributed by atoms with van der Waals surface area (Å²) >= 11 is 1.47. The van der Waals surface area contributed by atoms with Crippen molar-refractivity contribution in [2.45, 2.75) is 26.3 Å². The van der Waals surface area contributed by atoms with Crippen LogP contribution in [0.5, 0.6) is 0 Å². The van der Waals surface area contributed by atoms with Gasteiger partial charge in [-0.15, -0.1) is 11.3 Å². The Morgan fingerprint density at radius 2 is 2.09 bits per heavy atom. The molecule has 1 aromatic heterocycles. The highest BCUT2D eigenvalue weighted by molar-refractivity contribution is 7.14. The van der Waals surface area contributed by atoms with E-state index in [0.717, 1.165) is 11.3 Å². The third kappa shape index (κ3) is 5.08. The van der Waals surface area contributed by atoms with Crippen LogP contribution in [0.4, 0.5) is 5.13 Å². The monoisotopic (exact) mass is 328 g/mol. The van der Waals surface area contributed by atoms with E-state index in [2.05, 4.69) is 29.5 Å². The van der Waals surface area contributed by atoms with Gasteiger partial charge in [-0.2, -0.15) is 5.26 Å². The van der Waals surface area contributed by atoms with Crippen molar-refractivity contribution in [3.05, 3.63) is 35.7 Å². The summed E-state index contributed by atoms with van der Waals surface area (Å²) in [6, 6.07) is 11.4. The van der Waals surface area contributed by atoms with Gasteiger partial charge < -0.3 is 10.6 Å². The minimum atomic E-state index is -0.391. The second-order valence-electron chi connectivity index (χ2n) is 5.61. The molecule has 6 heteroatoms. The lowest BCUT2D eigenvalue weighted by Gasteiger charge is -2.18. The van der Waals surface area contributed by atoms with Crippen LogP contribution in [0.3, 0.4) is 0 Å². The molecule has 0 bridgehead atoms. The van der Waals surface area contributed by atoms with Crippen molar-refractivity contribution in [3.63, 3.8) is 0 Å². The zero-order chi connectivity index (χ0) is 16.7. The third-order valence-electron chi connectivity index (χ3n) is 3.24. The van der Waals surface area contributed by atoms with Crippen molar-refractivity contribution in [2.24, 2.45) is 5.92 Å². The maximum absolute atomic E-state index is 12.2. The Morgan fingerprint density at radius 3 is 2.74 bits per heavy atom. The Hall–Kier alpha value is -2.39. The number of hydrogen-bond donors (Lipinski definition) is 2. The molecule has 0 spiro atoms. The average Bonchev–Trinajstić information content (AvgIpc) is 3.01. The molecule has 1 unspecified atom stereocenters. The standard InChI is InChI=1S/C17H20N4OS/c1-12(2)10-14(16(22)19-9-8-18)20-17-21-15(11-23-17)13-6-4-3-5-7-13/h3-7,11-12,14H,9-10H2,1-2H3,(H,19,22)(H,20,21). The van der Waals surface area contributed by atoms with Gasteiger partial charge in [-0.05, 0) is 12.3 Å². The summed E-state index contributed by atoms with van der Waals surface area (Å²) in [5, 5.41) is 17.1. The fourth-order valence-corrected chi connectivity index (χ4v) is 2.96. The number of rotatable bonds is 7. The molecule has 2 aromatic rings. The van der Waals surface area contributed by atoms with Crippen LogP contribution in [0.15, 0.2) is 35.7 Å².